The molecule has 1 rings (SSSR count). The molecule has 0 spiro atoms. The molecule has 19 heavy (non-hydrogen) atoms. The summed E-state index contributed by atoms with van der Waals surface area (Å²) >= 11 is 3.40. The highest BCUT2D eigenvalue weighted by atomic mass is 79.9. The minimum absolute atomic E-state index is 0.0645. The number of alkyl halides is 1. The monoisotopic (exact) mass is 327 g/mol. The van der Waals surface area contributed by atoms with Crippen molar-refractivity contribution in [1.82, 2.24) is 5.32 Å². The van der Waals surface area contributed by atoms with Crippen LogP contribution in [0.5, 0.6) is 0 Å². The molecule has 2 atom stereocenters. The van der Waals surface area contributed by atoms with Crippen molar-refractivity contribution in [2.45, 2.75) is 31.7 Å². The molecular weight excluding hydrogens is 306 g/mol. The quantitative estimate of drug-likeness (QED) is 0.745. The van der Waals surface area contributed by atoms with Crippen LogP contribution in [0, 0.1) is 0 Å². The van der Waals surface area contributed by atoms with Gasteiger partial charge in [0.15, 0.2) is 0 Å². The van der Waals surface area contributed by atoms with Crippen LogP contribution < -0.4 is 5.32 Å². The molecule has 1 N–H and O–H groups in total. The van der Waals surface area contributed by atoms with Gasteiger partial charge in [0.25, 0.3) is 0 Å². The molecule has 3 nitrogen and oxygen atoms in total. The number of benzene rings is 1. The summed E-state index contributed by atoms with van der Waals surface area (Å²) in [6.45, 7) is 2.58. The Morgan fingerprint density at radius 2 is 2.05 bits per heavy atom. The van der Waals surface area contributed by atoms with Crippen LogP contribution in [-0.4, -0.2) is 31.0 Å². The van der Waals surface area contributed by atoms with Crippen LogP contribution in [0.25, 0.3) is 0 Å². The summed E-state index contributed by atoms with van der Waals surface area (Å²) in [5, 5.41) is 3.93. The smallest absolute Gasteiger partial charge is 0.227 e. The topological polar surface area (TPSA) is 38.3 Å². The summed E-state index contributed by atoms with van der Waals surface area (Å²) in [6.07, 6.45) is 1.66. The van der Waals surface area contributed by atoms with Gasteiger partial charge in [-0.05, 0) is 18.4 Å². The van der Waals surface area contributed by atoms with Gasteiger partial charge >= 0.3 is 0 Å². The Kier molecular flexibility index (Phi) is 7.75. The third-order valence-corrected chi connectivity index (χ3v) is 3.56. The predicted molar refractivity (Wildman–Crippen MR) is 81.7 cm³/mol. The first-order valence-corrected chi connectivity index (χ1v) is 7.75. The first-order chi connectivity index (χ1) is 9.22. The number of amides is 1. The van der Waals surface area contributed by atoms with Crippen LogP contribution in [-0.2, 0) is 9.53 Å². The van der Waals surface area contributed by atoms with Crippen LogP contribution in [0.3, 0.4) is 0 Å². The zero-order chi connectivity index (χ0) is 14.1. The van der Waals surface area contributed by atoms with Crippen molar-refractivity contribution >= 4 is 21.8 Å². The van der Waals surface area contributed by atoms with E-state index in [1.54, 1.807) is 7.11 Å². The van der Waals surface area contributed by atoms with Crippen molar-refractivity contribution in [2.24, 2.45) is 0 Å². The van der Waals surface area contributed by atoms with Crippen molar-refractivity contribution in [3.05, 3.63) is 35.9 Å². The lowest BCUT2D eigenvalue weighted by Gasteiger charge is -2.21. The highest BCUT2D eigenvalue weighted by molar-refractivity contribution is 9.09. The molecule has 0 saturated carbocycles. The molecule has 2 unspecified atom stereocenters. The Bertz CT molecular complexity index is 364. The van der Waals surface area contributed by atoms with E-state index in [0.29, 0.717) is 6.61 Å². The van der Waals surface area contributed by atoms with E-state index in [2.05, 4.69) is 21.2 Å². The second-order valence-electron chi connectivity index (χ2n) is 4.51. The maximum atomic E-state index is 12.4. The highest BCUT2D eigenvalue weighted by Crippen LogP contribution is 2.19. The number of hydrogen-bond donors (Lipinski definition) is 1. The second kappa shape index (κ2) is 9.10. The van der Waals surface area contributed by atoms with Crippen molar-refractivity contribution in [1.29, 1.82) is 0 Å². The summed E-state index contributed by atoms with van der Waals surface area (Å²) in [6, 6.07) is 9.97. The zero-order valence-corrected chi connectivity index (χ0v) is 13.2. The van der Waals surface area contributed by atoms with Gasteiger partial charge in [0.1, 0.15) is 0 Å². The third-order valence-electron chi connectivity index (χ3n) is 3.10. The number of carbonyl (C=O) groups is 1. The van der Waals surface area contributed by atoms with E-state index in [0.717, 1.165) is 23.7 Å². The van der Waals surface area contributed by atoms with Crippen LogP contribution in [0.15, 0.2) is 30.3 Å². The SMILES string of the molecule is CCC(C(=O)NC(CCBr)COC)c1ccccc1. The van der Waals surface area contributed by atoms with Gasteiger partial charge in [0.05, 0.1) is 18.6 Å². The molecule has 1 aromatic rings. The molecule has 0 aromatic heterocycles. The number of carbonyl (C=O) groups excluding carboxylic acids is 1. The largest absolute Gasteiger partial charge is 0.383 e. The average Bonchev–Trinajstić information content (AvgIpc) is 2.41. The lowest BCUT2D eigenvalue weighted by Crippen LogP contribution is -2.40. The van der Waals surface area contributed by atoms with E-state index in [4.69, 9.17) is 4.74 Å². The molecule has 4 heteroatoms. The van der Waals surface area contributed by atoms with Crippen molar-refractivity contribution in [2.75, 3.05) is 19.0 Å². The molecule has 0 heterocycles. The van der Waals surface area contributed by atoms with E-state index in [1.807, 2.05) is 37.3 Å². The highest BCUT2D eigenvalue weighted by Gasteiger charge is 2.21. The van der Waals surface area contributed by atoms with Gasteiger partial charge in [-0.1, -0.05) is 53.2 Å². The first-order valence-electron chi connectivity index (χ1n) is 6.63. The van der Waals surface area contributed by atoms with Crippen molar-refractivity contribution in [3.63, 3.8) is 0 Å². The molecule has 0 aliphatic rings. The molecule has 1 aromatic carbocycles. The second-order valence-corrected chi connectivity index (χ2v) is 5.30. The van der Waals surface area contributed by atoms with Crippen LogP contribution in [0.2, 0.25) is 0 Å². The first kappa shape index (κ1) is 16.2. The average molecular weight is 328 g/mol. The number of methoxy groups -OCH3 is 1. The van der Waals surface area contributed by atoms with Crippen molar-refractivity contribution < 1.29 is 9.53 Å². The maximum absolute atomic E-state index is 12.4. The fourth-order valence-corrected chi connectivity index (χ4v) is 2.64. The number of rotatable bonds is 8. The molecule has 0 saturated heterocycles. The molecule has 1 amide bonds. The van der Waals surface area contributed by atoms with Gasteiger partial charge in [0, 0.05) is 12.4 Å². The summed E-state index contributed by atoms with van der Waals surface area (Å²) in [5.41, 5.74) is 1.07. The van der Waals surface area contributed by atoms with Gasteiger partial charge in [-0.25, -0.2) is 0 Å². The summed E-state index contributed by atoms with van der Waals surface area (Å²) in [5.74, 6) is -0.00687. The van der Waals surface area contributed by atoms with E-state index >= 15 is 0 Å². The Balaban J connectivity index is 2.68. The Hall–Kier alpha value is -0.870. The zero-order valence-electron chi connectivity index (χ0n) is 11.6. The van der Waals surface area contributed by atoms with E-state index in [1.165, 1.54) is 0 Å². The van der Waals surface area contributed by atoms with E-state index in [-0.39, 0.29) is 17.9 Å². The molecule has 0 fully saturated rings. The fraction of sp³-hybridized carbons (Fsp3) is 0.533. The molecule has 0 bridgehead atoms. The normalized spacial score (nSPS) is 13.8. The molecule has 0 aliphatic carbocycles. The van der Waals surface area contributed by atoms with E-state index < -0.39 is 0 Å². The molecular formula is C15H22BrNO2. The van der Waals surface area contributed by atoms with Crippen LogP contribution in [0.1, 0.15) is 31.2 Å². The number of ether oxygens (including phenoxy) is 1. The summed E-state index contributed by atoms with van der Waals surface area (Å²) < 4.78 is 5.14. The molecule has 106 valence electrons. The minimum Gasteiger partial charge on any atom is -0.383 e. The Labute approximate surface area is 123 Å². The molecule has 0 aliphatic heterocycles. The van der Waals surface area contributed by atoms with Gasteiger partial charge in [-0.2, -0.15) is 0 Å². The Morgan fingerprint density at radius 3 is 2.58 bits per heavy atom. The van der Waals surface area contributed by atoms with Gasteiger partial charge in [-0.3, -0.25) is 4.79 Å². The summed E-state index contributed by atoms with van der Waals surface area (Å²) in [7, 11) is 1.65. The number of halogens is 1. The number of hydrogen-bond acceptors (Lipinski definition) is 2. The van der Waals surface area contributed by atoms with Crippen LogP contribution in [0.4, 0.5) is 0 Å². The standard InChI is InChI=1S/C15H22BrNO2/c1-3-14(12-7-5-4-6-8-12)15(18)17-13(9-10-16)11-19-2/h4-8,13-14H,3,9-11H2,1-2H3,(H,17,18). The van der Waals surface area contributed by atoms with E-state index in [9.17, 15) is 4.79 Å². The Morgan fingerprint density at radius 1 is 1.37 bits per heavy atom. The lowest BCUT2D eigenvalue weighted by atomic mass is 9.95. The third kappa shape index (κ3) is 5.33. The van der Waals surface area contributed by atoms with Gasteiger partial charge < -0.3 is 10.1 Å². The maximum Gasteiger partial charge on any atom is 0.227 e. The van der Waals surface area contributed by atoms with Gasteiger partial charge in [-0.15, -0.1) is 0 Å². The number of nitrogens with one attached hydrogen (secondary N) is 1. The summed E-state index contributed by atoms with van der Waals surface area (Å²) in [4.78, 5) is 12.4. The lowest BCUT2D eigenvalue weighted by molar-refractivity contribution is -0.123. The predicted octanol–water partition coefficient (Wildman–Crippen LogP) is 3.10. The minimum atomic E-state index is -0.0871. The molecule has 0 radical (unpaired) electrons. The van der Waals surface area contributed by atoms with Gasteiger partial charge in [0.2, 0.25) is 5.91 Å². The van der Waals surface area contributed by atoms with Crippen molar-refractivity contribution in [3.8, 4) is 0 Å². The van der Waals surface area contributed by atoms with Crippen LogP contribution >= 0.6 is 15.9 Å². The fourth-order valence-electron chi connectivity index (χ4n) is 2.09.